The van der Waals surface area contributed by atoms with Crippen molar-refractivity contribution in [2.75, 3.05) is 40.4 Å². The summed E-state index contributed by atoms with van der Waals surface area (Å²) in [6, 6.07) is 5.79. The molecule has 0 bridgehead atoms. The second-order valence-corrected chi connectivity index (χ2v) is 6.62. The van der Waals surface area contributed by atoms with E-state index in [4.69, 9.17) is 9.47 Å². The molecule has 1 N–H and O–H groups in total. The molecule has 1 aromatic carbocycles. The van der Waals surface area contributed by atoms with Crippen LogP contribution in [0.1, 0.15) is 19.4 Å². The van der Waals surface area contributed by atoms with E-state index in [1.807, 2.05) is 32.0 Å². The Bertz CT molecular complexity index is 618. The van der Waals surface area contributed by atoms with Gasteiger partial charge >= 0.3 is 0 Å². The molecule has 0 saturated heterocycles. The number of ether oxygens (including phenoxy) is 2. The molecule has 0 radical (unpaired) electrons. The van der Waals surface area contributed by atoms with E-state index in [2.05, 4.69) is 5.32 Å². The van der Waals surface area contributed by atoms with Crippen molar-refractivity contribution in [1.82, 2.24) is 15.1 Å². The highest BCUT2D eigenvalue weighted by Crippen LogP contribution is 2.30. The summed E-state index contributed by atoms with van der Waals surface area (Å²) in [6.45, 7) is 5.76. The molecular formula is C18H27N3O4. The molecule has 138 valence electrons. The zero-order chi connectivity index (χ0) is 18.4. The van der Waals surface area contributed by atoms with Crippen LogP contribution in [0.4, 0.5) is 0 Å². The van der Waals surface area contributed by atoms with E-state index in [1.165, 1.54) is 0 Å². The first kappa shape index (κ1) is 19.1. The van der Waals surface area contributed by atoms with Gasteiger partial charge < -0.3 is 19.7 Å². The fourth-order valence-electron chi connectivity index (χ4n) is 2.57. The maximum Gasteiger partial charge on any atom is 0.236 e. The molecule has 7 nitrogen and oxygen atoms in total. The summed E-state index contributed by atoms with van der Waals surface area (Å²) in [7, 11) is 3.51. The third kappa shape index (κ3) is 5.94. The molecule has 1 heterocycles. The fraction of sp³-hybridized carbons (Fsp3) is 0.556. The number of hydrogen-bond donors (Lipinski definition) is 1. The average molecular weight is 349 g/mol. The summed E-state index contributed by atoms with van der Waals surface area (Å²) >= 11 is 0. The lowest BCUT2D eigenvalue weighted by atomic mass is 10.2. The monoisotopic (exact) mass is 349 g/mol. The van der Waals surface area contributed by atoms with Crippen LogP contribution in [-0.2, 0) is 16.1 Å². The molecule has 1 aliphatic rings. The van der Waals surface area contributed by atoms with Gasteiger partial charge in [0.25, 0.3) is 0 Å². The first-order valence-corrected chi connectivity index (χ1v) is 8.45. The zero-order valence-electron chi connectivity index (χ0n) is 15.4. The first-order valence-electron chi connectivity index (χ1n) is 8.45. The minimum Gasteiger partial charge on any atom is -0.486 e. The fourth-order valence-corrected chi connectivity index (χ4v) is 2.57. The van der Waals surface area contributed by atoms with Gasteiger partial charge in [0.2, 0.25) is 11.8 Å². The number of nitrogens with zero attached hydrogens (tertiary/aromatic N) is 2. The van der Waals surface area contributed by atoms with E-state index < -0.39 is 0 Å². The van der Waals surface area contributed by atoms with Crippen LogP contribution in [0.2, 0.25) is 0 Å². The van der Waals surface area contributed by atoms with Gasteiger partial charge in [-0.05, 0) is 38.6 Å². The highest BCUT2D eigenvalue weighted by Gasteiger charge is 2.16. The predicted molar refractivity (Wildman–Crippen MR) is 94.7 cm³/mol. The highest BCUT2D eigenvalue weighted by atomic mass is 16.6. The van der Waals surface area contributed by atoms with E-state index >= 15 is 0 Å². The first-order chi connectivity index (χ1) is 11.8. The second kappa shape index (κ2) is 8.71. The van der Waals surface area contributed by atoms with Crippen molar-refractivity contribution in [2.45, 2.75) is 26.4 Å². The summed E-state index contributed by atoms with van der Waals surface area (Å²) in [4.78, 5) is 27.4. The van der Waals surface area contributed by atoms with Gasteiger partial charge in [-0.3, -0.25) is 14.5 Å². The Morgan fingerprint density at radius 1 is 1.12 bits per heavy atom. The normalized spacial score (nSPS) is 13.0. The average Bonchev–Trinajstić information content (AvgIpc) is 2.53. The smallest absolute Gasteiger partial charge is 0.236 e. The molecule has 0 atom stereocenters. The van der Waals surface area contributed by atoms with Crippen LogP contribution in [0.5, 0.6) is 11.5 Å². The number of nitrogens with one attached hydrogen (secondary N) is 1. The zero-order valence-corrected chi connectivity index (χ0v) is 15.4. The van der Waals surface area contributed by atoms with Crippen molar-refractivity contribution in [3.05, 3.63) is 23.8 Å². The molecule has 0 aromatic heterocycles. The van der Waals surface area contributed by atoms with Crippen LogP contribution in [0, 0.1) is 0 Å². The number of amides is 2. The number of rotatable bonds is 7. The van der Waals surface area contributed by atoms with E-state index in [1.54, 1.807) is 23.9 Å². The number of carbonyl (C=O) groups is 2. The summed E-state index contributed by atoms with van der Waals surface area (Å²) in [5, 5.41) is 2.81. The van der Waals surface area contributed by atoms with Gasteiger partial charge in [0, 0.05) is 19.6 Å². The third-order valence-electron chi connectivity index (χ3n) is 3.72. The molecule has 7 heteroatoms. The Balaban J connectivity index is 1.84. The van der Waals surface area contributed by atoms with Crippen molar-refractivity contribution in [3.8, 4) is 11.5 Å². The molecule has 0 aliphatic carbocycles. The SMILES string of the molecule is CC(C)NC(=O)CN(C)CC(=O)N(C)Cc1ccc2c(c1)OCCO2. The Morgan fingerprint density at radius 2 is 1.80 bits per heavy atom. The Morgan fingerprint density at radius 3 is 2.48 bits per heavy atom. The number of benzene rings is 1. The molecule has 2 amide bonds. The van der Waals surface area contributed by atoms with Gasteiger partial charge in [0.05, 0.1) is 13.1 Å². The summed E-state index contributed by atoms with van der Waals surface area (Å²) < 4.78 is 11.1. The van der Waals surface area contributed by atoms with E-state index in [9.17, 15) is 9.59 Å². The molecule has 1 aliphatic heterocycles. The minimum atomic E-state index is -0.0835. The molecule has 25 heavy (non-hydrogen) atoms. The van der Waals surface area contributed by atoms with Crippen LogP contribution in [0.3, 0.4) is 0 Å². The Labute approximate surface area is 148 Å². The van der Waals surface area contributed by atoms with Crippen LogP contribution >= 0.6 is 0 Å². The van der Waals surface area contributed by atoms with Gasteiger partial charge in [-0.25, -0.2) is 0 Å². The molecule has 2 rings (SSSR count). The topological polar surface area (TPSA) is 71.1 Å². The van der Waals surface area contributed by atoms with Crippen LogP contribution < -0.4 is 14.8 Å². The Kier molecular flexibility index (Phi) is 6.64. The maximum absolute atomic E-state index is 12.3. The quantitative estimate of drug-likeness (QED) is 0.791. The minimum absolute atomic E-state index is 0.0465. The number of carbonyl (C=O) groups excluding carboxylic acids is 2. The molecule has 0 saturated carbocycles. The summed E-state index contributed by atoms with van der Waals surface area (Å²) in [5.74, 6) is 1.32. The van der Waals surface area contributed by atoms with Gasteiger partial charge in [-0.2, -0.15) is 0 Å². The van der Waals surface area contributed by atoms with Crippen LogP contribution in [-0.4, -0.2) is 68.1 Å². The summed E-state index contributed by atoms with van der Waals surface area (Å²) in [6.07, 6.45) is 0. The molecular weight excluding hydrogens is 322 g/mol. The van der Waals surface area contributed by atoms with Crippen molar-refractivity contribution in [3.63, 3.8) is 0 Å². The van der Waals surface area contributed by atoms with E-state index in [0.29, 0.717) is 25.5 Å². The predicted octanol–water partition coefficient (Wildman–Crippen LogP) is 0.873. The number of hydrogen-bond acceptors (Lipinski definition) is 5. The van der Waals surface area contributed by atoms with Gasteiger partial charge in [0.15, 0.2) is 11.5 Å². The van der Waals surface area contributed by atoms with Crippen molar-refractivity contribution in [1.29, 1.82) is 0 Å². The largest absolute Gasteiger partial charge is 0.486 e. The van der Waals surface area contributed by atoms with E-state index in [0.717, 1.165) is 11.3 Å². The lowest BCUT2D eigenvalue weighted by Crippen LogP contribution is -2.42. The third-order valence-corrected chi connectivity index (χ3v) is 3.72. The number of fused-ring (bicyclic) bond motifs is 1. The van der Waals surface area contributed by atoms with Crippen molar-refractivity contribution < 1.29 is 19.1 Å². The summed E-state index contributed by atoms with van der Waals surface area (Å²) in [5.41, 5.74) is 0.973. The van der Waals surface area contributed by atoms with Gasteiger partial charge in [0.1, 0.15) is 13.2 Å². The van der Waals surface area contributed by atoms with Gasteiger partial charge in [-0.15, -0.1) is 0 Å². The molecule has 0 unspecified atom stereocenters. The standard InChI is InChI=1S/C18H27N3O4/c1-13(2)19-17(22)11-20(3)12-18(23)21(4)10-14-5-6-15-16(9-14)25-8-7-24-15/h5-6,9,13H,7-8,10-12H2,1-4H3,(H,19,22). The lowest BCUT2D eigenvalue weighted by molar-refractivity contribution is -0.132. The number of likely N-dealkylation sites (N-methyl/N-ethyl adjacent to an activating group) is 2. The molecule has 0 spiro atoms. The van der Waals surface area contributed by atoms with Crippen LogP contribution in [0.15, 0.2) is 18.2 Å². The molecule has 1 aromatic rings. The highest BCUT2D eigenvalue weighted by molar-refractivity contribution is 5.81. The van der Waals surface area contributed by atoms with Crippen molar-refractivity contribution in [2.24, 2.45) is 0 Å². The lowest BCUT2D eigenvalue weighted by Gasteiger charge is -2.23. The Hall–Kier alpha value is -2.28. The molecule has 0 fully saturated rings. The van der Waals surface area contributed by atoms with Crippen LogP contribution in [0.25, 0.3) is 0 Å². The maximum atomic E-state index is 12.3. The van der Waals surface area contributed by atoms with Gasteiger partial charge in [-0.1, -0.05) is 6.07 Å². The van der Waals surface area contributed by atoms with Crippen molar-refractivity contribution >= 4 is 11.8 Å². The second-order valence-electron chi connectivity index (χ2n) is 6.62. The van der Waals surface area contributed by atoms with E-state index in [-0.39, 0.29) is 30.9 Å².